The summed E-state index contributed by atoms with van der Waals surface area (Å²) in [6.45, 7) is 1.43. The van der Waals surface area contributed by atoms with E-state index >= 15 is 0 Å². The van der Waals surface area contributed by atoms with Crippen molar-refractivity contribution in [1.82, 2.24) is 4.90 Å². The Labute approximate surface area is 177 Å². The molecular weight excluding hydrogens is 406 g/mol. The van der Waals surface area contributed by atoms with Crippen molar-refractivity contribution in [2.45, 2.75) is 13.5 Å². The summed E-state index contributed by atoms with van der Waals surface area (Å²) < 4.78 is 10.1. The molecule has 1 aliphatic rings. The predicted molar refractivity (Wildman–Crippen MR) is 108 cm³/mol. The summed E-state index contributed by atoms with van der Waals surface area (Å²) in [5.41, 5.74) is 7.05. The Morgan fingerprint density at radius 3 is 2.71 bits per heavy atom. The van der Waals surface area contributed by atoms with Gasteiger partial charge < -0.3 is 30.4 Å². The van der Waals surface area contributed by atoms with E-state index in [1.807, 2.05) is 0 Å². The largest absolute Gasteiger partial charge is 0.507 e. The third-order valence-corrected chi connectivity index (χ3v) is 4.65. The zero-order chi connectivity index (χ0) is 22.5. The number of hydrogen-bond donors (Lipinski definition) is 3. The summed E-state index contributed by atoms with van der Waals surface area (Å²) in [6, 6.07) is 8.72. The van der Waals surface area contributed by atoms with Crippen LogP contribution in [0, 0.1) is 0 Å². The number of esters is 1. The number of phenols is 1. The molecule has 0 fully saturated rings. The zero-order valence-corrected chi connectivity index (χ0v) is 16.7. The lowest BCUT2D eigenvalue weighted by Crippen LogP contribution is -2.30. The molecule has 0 saturated heterocycles. The SMILES string of the molecule is CCOC(=O)COc1ccc(O)c(C(=O)CN2Cc3cc(C(N)=NO)ccc3C2=O)c1. The molecule has 0 aromatic heterocycles. The molecule has 1 aliphatic heterocycles. The number of hydrogen-bond acceptors (Lipinski definition) is 8. The van der Waals surface area contributed by atoms with E-state index in [1.165, 1.54) is 23.1 Å². The van der Waals surface area contributed by atoms with Gasteiger partial charge in [-0.3, -0.25) is 9.59 Å². The van der Waals surface area contributed by atoms with Crippen molar-refractivity contribution < 1.29 is 34.2 Å². The van der Waals surface area contributed by atoms with E-state index < -0.39 is 11.8 Å². The molecule has 0 spiro atoms. The topological polar surface area (TPSA) is 152 Å². The van der Waals surface area contributed by atoms with Crippen LogP contribution in [0.25, 0.3) is 0 Å². The van der Waals surface area contributed by atoms with Crippen molar-refractivity contribution in [2.24, 2.45) is 10.9 Å². The summed E-state index contributed by atoms with van der Waals surface area (Å²) >= 11 is 0. The normalized spacial score (nSPS) is 13.1. The third kappa shape index (κ3) is 4.74. The van der Waals surface area contributed by atoms with Crippen molar-refractivity contribution in [1.29, 1.82) is 0 Å². The molecule has 10 nitrogen and oxygen atoms in total. The van der Waals surface area contributed by atoms with E-state index in [9.17, 15) is 19.5 Å². The fourth-order valence-corrected chi connectivity index (χ4v) is 3.16. The Bertz CT molecular complexity index is 1060. The Kier molecular flexibility index (Phi) is 6.39. The maximum atomic E-state index is 12.8. The van der Waals surface area contributed by atoms with E-state index in [2.05, 4.69) is 5.16 Å². The number of aromatic hydroxyl groups is 1. The van der Waals surface area contributed by atoms with Gasteiger partial charge in [0.1, 0.15) is 11.5 Å². The van der Waals surface area contributed by atoms with Crippen molar-refractivity contribution in [3.05, 3.63) is 58.7 Å². The number of benzene rings is 2. The molecule has 0 bridgehead atoms. The lowest BCUT2D eigenvalue weighted by atomic mass is 10.1. The molecule has 0 radical (unpaired) electrons. The number of phenolic OH excluding ortho intramolecular Hbond substituents is 1. The van der Waals surface area contributed by atoms with Crippen LogP contribution in [0.5, 0.6) is 11.5 Å². The number of amidine groups is 1. The number of carbonyl (C=O) groups is 3. The van der Waals surface area contributed by atoms with Gasteiger partial charge in [-0.1, -0.05) is 11.2 Å². The van der Waals surface area contributed by atoms with Crippen LogP contribution in [0.2, 0.25) is 0 Å². The molecule has 2 aromatic rings. The number of nitrogens with zero attached hydrogens (tertiary/aromatic N) is 2. The van der Waals surface area contributed by atoms with Gasteiger partial charge in [-0.2, -0.15) is 0 Å². The summed E-state index contributed by atoms with van der Waals surface area (Å²) in [4.78, 5) is 38.1. The molecule has 31 heavy (non-hydrogen) atoms. The lowest BCUT2D eigenvalue weighted by Gasteiger charge is -2.15. The minimum absolute atomic E-state index is 0.0394. The molecule has 4 N–H and O–H groups in total. The first-order chi connectivity index (χ1) is 14.8. The third-order valence-electron chi connectivity index (χ3n) is 4.65. The van der Waals surface area contributed by atoms with Gasteiger partial charge in [0.05, 0.1) is 18.7 Å². The number of amides is 1. The number of ether oxygens (including phenoxy) is 2. The Balaban J connectivity index is 1.72. The van der Waals surface area contributed by atoms with Gasteiger partial charge in [0.15, 0.2) is 18.2 Å². The Hall–Kier alpha value is -4.08. The summed E-state index contributed by atoms with van der Waals surface area (Å²) in [5.74, 6) is -1.56. The number of rotatable bonds is 8. The predicted octanol–water partition coefficient (Wildman–Crippen LogP) is 1.27. The first-order valence-electron chi connectivity index (χ1n) is 9.38. The first kappa shape index (κ1) is 21.6. The summed E-state index contributed by atoms with van der Waals surface area (Å²) in [7, 11) is 0. The Morgan fingerprint density at radius 1 is 1.23 bits per heavy atom. The second-order valence-corrected chi connectivity index (χ2v) is 6.71. The molecule has 162 valence electrons. The van der Waals surface area contributed by atoms with Gasteiger partial charge in [0.2, 0.25) is 0 Å². The quantitative estimate of drug-likeness (QED) is 0.142. The number of fused-ring (bicyclic) bond motifs is 1. The molecule has 1 amide bonds. The van der Waals surface area contributed by atoms with Crippen molar-refractivity contribution in [2.75, 3.05) is 19.8 Å². The summed E-state index contributed by atoms with van der Waals surface area (Å²) in [6.07, 6.45) is 0. The molecule has 0 unspecified atom stereocenters. The van der Waals surface area contributed by atoms with E-state index in [1.54, 1.807) is 25.1 Å². The van der Waals surface area contributed by atoms with Crippen molar-refractivity contribution >= 4 is 23.5 Å². The second-order valence-electron chi connectivity index (χ2n) is 6.71. The van der Waals surface area contributed by atoms with E-state index in [0.29, 0.717) is 16.7 Å². The summed E-state index contributed by atoms with van der Waals surface area (Å²) in [5, 5.41) is 21.8. The van der Waals surface area contributed by atoms with Gasteiger partial charge in [-0.25, -0.2) is 4.79 Å². The molecule has 3 rings (SSSR count). The highest BCUT2D eigenvalue weighted by molar-refractivity contribution is 6.06. The average molecular weight is 427 g/mol. The smallest absolute Gasteiger partial charge is 0.344 e. The Morgan fingerprint density at radius 2 is 2.00 bits per heavy atom. The van der Waals surface area contributed by atoms with Crippen LogP contribution in [-0.2, 0) is 16.1 Å². The molecular formula is C21H21N3O7. The van der Waals surface area contributed by atoms with E-state index in [4.69, 9.17) is 20.4 Å². The maximum Gasteiger partial charge on any atom is 0.344 e. The van der Waals surface area contributed by atoms with Crippen molar-refractivity contribution in [3.63, 3.8) is 0 Å². The van der Waals surface area contributed by atoms with Gasteiger partial charge in [0, 0.05) is 17.7 Å². The fraction of sp³-hybridized carbons (Fsp3) is 0.238. The minimum atomic E-state index is -0.560. The van der Waals surface area contributed by atoms with Crippen LogP contribution in [0.4, 0.5) is 0 Å². The molecule has 0 atom stereocenters. The molecule has 0 saturated carbocycles. The highest BCUT2D eigenvalue weighted by Gasteiger charge is 2.30. The minimum Gasteiger partial charge on any atom is -0.507 e. The number of Topliss-reactive ketones (excluding diaryl/α,β-unsaturated/α-hetero) is 1. The average Bonchev–Trinajstić information content (AvgIpc) is 3.07. The molecule has 10 heteroatoms. The monoisotopic (exact) mass is 427 g/mol. The van der Waals surface area contributed by atoms with Crippen LogP contribution in [-0.4, -0.2) is 58.5 Å². The van der Waals surface area contributed by atoms with Crippen molar-refractivity contribution in [3.8, 4) is 11.5 Å². The van der Waals surface area contributed by atoms with Crippen LogP contribution < -0.4 is 10.5 Å². The van der Waals surface area contributed by atoms with E-state index in [0.717, 1.165) is 0 Å². The number of carbonyl (C=O) groups excluding carboxylic acids is 3. The van der Waals surface area contributed by atoms with Crippen LogP contribution in [0.3, 0.4) is 0 Å². The van der Waals surface area contributed by atoms with Gasteiger partial charge >= 0.3 is 5.97 Å². The zero-order valence-electron chi connectivity index (χ0n) is 16.7. The van der Waals surface area contributed by atoms with Crippen LogP contribution in [0.15, 0.2) is 41.6 Å². The number of nitrogens with two attached hydrogens (primary N) is 1. The highest BCUT2D eigenvalue weighted by Crippen LogP contribution is 2.27. The van der Waals surface area contributed by atoms with Gasteiger partial charge in [-0.05, 0) is 42.8 Å². The maximum absolute atomic E-state index is 12.8. The van der Waals surface area contributed by atoms with Gasteiger partial charge in [-0.15, -0.1) is 0 Å². The molecule has 2 aromatic carbocycles. The first-order valence-corrected chi connectivity index (χ1v) is 9.38. The highest BCUT2D eigenvalue weighted by atomic mass is 16.6. The molecule has 1 heterocycles. The second kappa shape index (κ2) is 9.16. The van der Waals surface area contributed by atoms with Crippen LogP contribution in [0.1, 0.15) is 38.8 Å². The van der Waals surface area contributed by atoms with Gasteiger partial charge in [0.25, 0.3) is 5.91 Å². The number of ketones is 1. The standard InChI is InChI=1S/C21H21N3O7/c1-2-30-19(27)11-31-14-4-6-17(25)16(8-14)18(26)10-24-9-13-7-12(20(22)23-29)3-5-15(13)21(24)28/h3-8,25,29H,2,9-11H2,1H3,(H2,22,23). The fourth-order valence-electron chi connectivity index (χ4n) is 3.16. The molecule has 0 aliphatic carbocycles. The van der Waals surface area contributed by atoms with Crippen LogP contribution >= 0.6 is 0 Å². The van der Waals surface area contributed by atoms with E-state index in [-0.39, 0.29) is 55.1 Å². The number of oxime groups is 1. The lowest BCUT2D eigenvalue weighted by molar-refractivity contribution is -0.145.